The Labute approximate surface area is 159 Å². The van der Waals surface area contributed by atoms with Gasteiger partial charge in [-0.3, -0.25) is 4.79 Å². The van der Waals surface area contributed by atoms with Crippen molar-refractivity contribution in [2.45, 2.75) is 6.92 Å². The molecule has 0 fully saturated rings. The van der Waals surface area contributed by atoms with Crippen molar-refractivity contribution in [3.63, 3.8) is 0 Å². The Morgan fingerprint density at radius 1 is 1.08 bits per heavy atom. The second kappa shape index (κ2) is 8.43. The number of methoxy groups -OCH3 is 1. The minimum absolute atomic E-state index is 0.0851. The molecule has 0 unspecified atom stereocenters. The fraction of sp³-hybridized carbons (Fsp3) is 0.176. The van der Waals surface area contributed by atoms with E-state index in [9.17, 15) is 9.59 Å². The summed E-state index contributed by atoms with van der Waals surface area (Å²) < 4.78 is 10.1. The number of esters is 1. The van der Waals surface area contributed by atoms with Gasteiger partial charge in [-0.15, -0.1) is 0 Å². The molecule has 25 heavy (non-hydrogen) atoms. The predicted molar refractivity (Wildman–Crippen MR) is 98.1 cm³/mol. The quantitative estimate of drug-likeness (QED) is 0.732. The van der Waals surface area contributed by atoms with Gasteiger partial charge in [-0.05, 0) is 36.8 Å². The van der Waals surface area contributed by atoms with Crippen LogP contribution in [0, 0.1) is 6.92 Å². The van der Waals surface area contributed by atoms with Crippen molar-refractivity contribution in [2.75, 3.05) is 19.0 Å². The topological polar surface area (TPSA) is 64.6 Å². The van der Waals surface area contributed by atoms with Gasteiger partial charge in [0.05, 0.1) is 23.4 Å². The molecule has 8 heteroatoms. The Morgan fingerprint density at radius 3 is 2.48 bits per heavy atom. The van der Waals surface area contributed by atoms with Crippen LogP contribution >= 0.6 is 34.8 Å². The first-order valence-corrected chi connectivity index (χ1v) is 8.21. The van der Waals surface area contributed by atoms with Crippen LogP contribution in [0.5, 0.6) is 5.75 Å². The molecule has 1 amide bonds. The average Bonchev–Trinajstić information content (AvgIpc) is 2.57. The molecule has 0 spiro atoms. The van der Waals surface area contributed by atoms with Crippen molar-refractivity contribution in [3.8, 4) is 5.75 Å². The number of amides is 1. The van der Waals surface area contributed by atoms with Gasteiger partial charge in [0.2, 0.25) is 0 Å². The standard InChI is InChI=1S/C17H14Cl3NO4/c1-9-5-14(15(24-2)7-13(9)20)21-16(22)8-25-17(23)11-6-10(18)3-4-12(11)19/h3-7H,8H2,1-2H3,(H,21,22). The predicted octanol–water partition coefficient (Wildman–Crippen LogP) is 4.76. The number of anilines is 1. The second-order valence-corrected chi connectivity index (χ2v) is 6.30. The summed E-state index contributed by atoms with van der Waals surface area (Å²) >= 11 is 17.8. The van der Waals surface area contributed by atoms with Crippen molar-refractivity contribution < 1.29 is 19.1 Å². The van der Waals surface area contributed by atoms with Crippen LogP contribution in [0.3, 0.4) is 0 Å². The van der Waals surface area contributed by atoms with Gasteiger partial charge in [0.25, 0.3) is 5.91 Å². The van der Waals surface area contributed by atoms with Crippen LogP contribution in [0.15, 0.2) is 30.3 Å². The highest BCUT2D eigenvalue weighted by Gasteiger charge is 2.16. The van der Waals surface area contributed by atoms with Gasteiger partial charge in [-0.1, -0.05) is 34.8 Å². The van der Waals surface area contributed by atoms with Gasteiger partial charge in [0.15, 0.2) is 6.61 Å². The number of nitrogens with one attached hydrogen (secondary N) is 1. The molecule has 0 bridgehead atoms. The molecule has 0 atom stereocenters. The third-order valence-electron chi connectivity index (χ3n) is 3.24. The van der Waals surface area contributed by atoms with Crippen molar-refractivity contribution in [3.05, 3.63) is 56.5 Å². The SMILES string of the molecule is COc1cc(Cl)c(C)cc1NC(=O)COC(=O)c1cc(Cl)ccc1Cl. The van der Waals surface area contributed by atoms with E-state index in [1.165, 1.54) is 19.2 Å². The summed E-state index contributed by atoms with van der Waals surface area (Å²) in [4.78, 5) is 24.0. The lowest BCUT2D eigenvalue weighted by atomic mass is 10.2. The number of halogens is 3. The van der Waals surface area contributed by atoms with Gasteiger partial charge in [-0.25, -0.2) is 4.79 Å². The molecule has 1 N–H and O–H groups in total. The number of hydrogen-bond donors (Lipinski definition) is 1. The van der Waals surface area contributed by atoms with Gasteiger partial charge in [0.1, 0.15) is 5.75 Å². The van der Waals surface area contributed by atoms with Crippen molar-refractivity contribution >= 4 is 52.4 Å². The molecule has 0 aliphatic rings. The second-order valence-electron chi connectivity index (χ2n) is 5.05. The number of carbonyl (C=O) groups excluding carboxylic acids is 2. The fourth-order valence-electron chi connectivity index (χ4n) is 1.98. The van der Waals surface area contributed by atoms with E-state index in [1.54, 1.807) is 25.1 Å². The van der Waals surface area contributed by atoms with Gasteiger partial charge < -0.3 is 14.8 Å². The Balaban J connectivity index is 2.03. The Morgan fingerprint density at radius 2 is 1.80 bits per heavy atom. The summed E-state index contributed by atoms with van der Waals surface area (Å²) in [5.74, 6) is -0.887. The molecule has 132 valence electrons. The summed E-state index contributed by atoms with van der Waals surface area (Å²) in [5.41, 5.74) is 1.27. The zero-order chi connectivity index (χ0) is 18.6. The van der Waals surface area contributed by atoms with Crippen LogP contribution in [-0.2, 0) is 9.53 Å². The molecule has 0 aromatic heterocycles. The third-order valence-corrected chi connectivity index (χ3v) is 4.21. The van der Waals surface area contributed by atoms with E-state index in [1.807, 2.05) is 0 Å². The summed E-state index contributed by atoms with van der Waals surface area (Å²) in [5, 5.41) is 3.63. The smallest absolute Gasteiger partial charge is 0.340 e. The number of rotatable bonds is 5. The van der Waals surface area contributed by atoms with Crippen LogP contribution in [0.1, 0.15) is 15.9 Å². The van der Waals surface area contributed by atoms with Crippen molar-refractivity contribution in [2.24, 2.45) is 0 Å². The number of ether oxygens (including phenoxy) is 2. The first kappa shape index (κ1) is 19.4. The molecular weight excluding hydrogens is 389 g/mol. The molecule has 2 aromatic carbocycles. The normalized spacial score (nSPS) is 10.3. The summed E-state index contributed by atoms with van der Waals surface area (Å²) in [6.45, 7) is 1.30. The minimum atomic E-state index is -0.748. The molecule has 0 saturated carbocycles. The minimum Gasteiger partial charge on any atom is -0.495 e. The van der Waals surface area contributed by atoms with Crippen molar-refractivity contribution in [1.29, 1.82) is 0 Å². The Kier molecular flexibility index (Phi) is 6.53. The van der Waals surface area contributed by atoms with E-state index in [0.29, 0.717) is 21.5 Å². The molecule has 2 rings (SSSR count). The summed E-state index contributed by atoms with van der Waals surface area (Å²) in [7, 11) is 1.46. The average molecular weight is 403 g/mol. The zero-order valence-electron chi connectivity index (χ0n) is 13.4. The third kappa shape index (κ3) is 5.01. The lowest BCUT2D eigenvalue weighted by molar-refractivity contribution is -0.119. The number of carbonyl (C=O) groups is 2. The largest absolute Gasteiger partial charge is 0.495 e. The first-order valence-electron chi connectivity index (χ1n) is 7.08. The molecular formula is C17H14Cl3NO4. The van der Waals surface area contributed by atoms with Gasteiger partial charge >= 0.3 is 5.97 Å². The van der Waals surface area contributed by atoms with Crippen LogP contribution in [0.2, 0.25) is 15.1 Å². The molecule has 5 nitrogen and oxygen atoms in total. The summed E-state index contributed by atoms with van der Waals surface area (Å²) in [6, 6.07) is 7.64. The van der Waals surface area contributed by atoms with E-state index in [0.717, 1.165) is 5.56 Å². The number of benzene rings is 2. The maximum atomic E-state index is 12.0. The maximum Gasteiger partial charge on any atom is 0.340 e. The molecule has 0 aliphatic carbocycles. The van der Waals surface area contributed by atoms with E-state index in [-0.39, 0.29) is 10.6 Å². The van der Waals surface area contributed by atoms with Crippen LogP contribution in [0.4, 0.5) is 5.69 Å². The van der Waals surface area contributed by atoms with E-state index >= 15 is 0 Å². The zero-order valence-corrected chi connectivity index (χ0v) is 15.6. The highest BCUT2D eigenvalue weighted by atomic mass is 35.5. The van der Waals surface area contributed by atoms with Crippen LogP contribution in [0.25, 0.3) is 0 Å². The fourth-order valence-corrected chi connectivity index (χ4v) is 2.50. The highest BCUT2D eigenvalue weighted by molar-refractivity contribution is 6.35. The lowest BCUT2D eigenvalue weighted by Gasteiger charge is -2.12. The molecule has 0 radical (unpaired) electrons. The maximum absolute atomic E-state index is 12.0. The number of aryl methyl sites for hydroxylation is 1. The van der Waals surface area contributed by atoms with E-state index in [4.69, 9.17) is 44.3 Å². The molecule has 0 aliphatic heterocycles. The molecule has 0 saturated heterocycles. The Bertz CT molecular complexity index is 824. The van der Waals surface area contributed by atoms with E-state index in [2.05, 4.69) is 5.32 Å². The molecule has 2 aromatic rings. The van der Waals surface area contributed by atoms with Crippen molar-refractivity contribution in [1.82, 2.24) is 0 Å². The van der Waals surface area contributed by atoms with Crippen LogP contribution in [-0.4, -0.2) is 25.6 Å². The van der Waals surface area contributed by atoms with Gasteiger partial charge in [-0.2, -0.15) is 0 Å². The lowest BCUT2D eigenvalue weighted by Crippen LogP contribution is -2.21. The summed E-state index contributed by atoms with van der Waals surface area (Å²) in [6.07, 6.45) is 0. The number of hydrogen-bond acceptors (Lipinski definition) is 4. The monoisotopic (exact) mass is 401 g/mol. The molecule has 0 heterocycles. The van der Waals surface area contributed by atoms with E-state index < -0.39 is 18.5 Å². The Hall–Kier alpha value is -1.95. The highest BCUT2D eigenvalue weighted by Crippen LogP contribution is 2.30. The first-order chi connectivity index (χ1) is 11.8. The van der Waals surface area contributed by atoms with Crippen LogP contribution < -0.4 is 10.1 Å². The van der Waals surface area contributed by atoms with Gasteiger partial charge in [0, 0.05) is 16.1 Å².